The molecule has 2 aliphatic heterocycles. The molecule has 2 aromatic carbocycles. The van der Waals surface area contributed by atoms with Crippen LogP contribution >= 0.6 is 0 Å². The zero-order valence-corrected chi connectivity index (χ0v) is 24.1. The Bertz CT molecular complexity index is 1570. The first kappa shape index (κ1) is 33.8. The van der Waals surface area contributed by atoms with Gasteiger partial charge in [-0.05, 0) is 12.1 Å². The minimum absolute atomic E-state index is 0.276. The highest BCUT2D eigenvalue weighted by atomic mass is 16.6. The van der Waals surface area contributed by atoms with E-state index in [1.807, 2.05) is 0 Å². The minimum atomic E-state index is -1.60. The van der Waals surface area contributed by atoms with Crippen LogP contribution in [0.15, 0.2) is 56.9 Å². The number of rotatable bonds is 6. The highest BCUT2D eigenvalue weighted by molar-refractivity contribution is 6.19. The molecule has 8 amide bonds. The van der Waals surface area contributed by atoms with E-state index in [4.69, 9.17) is 0 Å². The van der Waals surface area contributed by atoms with Crippen molar-refractivity contribution in [2.24, 2.45) is 20.5 Å². The van der Waals surface area contributed by atoms with Crippen LogP contribution < -0.4 is 0 Å². The van der Waals surface area contributed by atoms with Crippen molar-refractivity contribution in [3.05, 3.63) is 56.6 Å². The topological polar surface area (TPSA) is 292 Å². The summed E-state index contributed by atoms with van der Waals surface area (Å²) in [6.07, 6.45) is 0. The van der Waals surface area contributed by atoms with E-state index in [9.17, 15) is 59.2 Å². The molecular weight excluding hydrogens is 620 g/mol. The number of likely N-dealkylation sites (N-methyl/N-ethyl adjacent to an activating group) is 4. The molecule has 2 heterocycles. The van der Waals surface area contributed by atoms with Gasteiger partial charge in [0.1, 0.15) is 22.9 Å². The van der Waals surface area contributed by atoms with Crippen molar-refractivity contribution in [2.45, 2.75) is 12.1 Å². The van der Waals surface area contributed by atoms with Gasteiger partial charge in [-0.2, -0.15) is 20.5 Å². The molecule has 2 aromatic rings. The zero-order valence-electron chi connectivity index (χ0n) is 24.1. The van der Waals surface area contributed by atoms with Crippen molar-refractivity contribution in [1.29, 1.82) is 0 Å². The SMILES string of the molecule is CN1C(=O)C(N=Nc2cc([N+](=O)[O-])ccc2O)C(=O)N(C)C1=O.CN1C(=O)C(N=Nc2cc([N+](=O)[O-])ccc2O)C(=O)N(C)C1=O. The van der Waals surface area contributed by atoms with Gasteiger partial charge < -0.3 is 10.2 Å². The van der Waals surface area contributed by atoms with Gasteiger partial charge in [-0.15, -0.1) is 0 Å². The number of aromatic hydroxyl groups is 2. The van der Waals surface area contributed by atoms with Gasteiger partial charge in [0.05, 0.1) is 9.85 Å². The van der Waals surface area contributed by atoms with Gasteiger partial charge in [-0.25, -0.2) is 9.59 Å². The van der Waals surface area contributed by atoms with Gasteiger partial charge in [-0.1, -0.05) is 0 Å². The number of carbonyl (C=O) groups is 6. The van der Waals surface area contributed by atoms with Crippen LogP contribution in [0.5, 0.6) is 11.5 Å². The smallest absolute Gasteiger partial charge is 0.333 e. The lowest BCUT2D eigenvalue weighted by Gasteiger charge is -2.30. The van der Waals surface area contributed by atoms with Crippen molar-refractivity contribution >= 4 is 58.4 Å². The number of benzene rings is 2. The molecule has 0 spiro atoms. The third kappa shape index (κ3) is 6.74. The summed E-state index contributed by atoms with van der Waals surface area (Å²) in [7, 11) is 4.73. The Kier molecular flexibility index (Phi) is 9.74. The molecule has 4 rings (SSSR count). The molecule has 2 N–H and O–H groups in total. The number of amides is 8. The fourth-order valence-electron chi connectivity index (χ4n) is 3.62. The molecule has 0 unspecified atom stereocenters. The molecule has 2 aliphatic rings. The Morgan fingerprint density at radius 3 is 1.13 bits per heavy atom. The van der Waals surface area contributed by atoms with Crippen LogP contribution in [-0.4, -0.2) is 116 Å². The quantitative estimate of drug-likeness (QED) is 0.197. The monoisotopic (exact) mass is 642 g/mol. The highest BCUT2D eigenvalue weighted by Crippen LogP contribution is 2.32. The first-order chi connectivity index (χ1) is 21.5. The number of phenolic OH excluding ortho intramolecular Hbond substituents is 2. The van der Waals surface area contributed by atoms with Crippen LogP contribution in [0.3, 0.4) is 0 Å². The molecule has 0 saturated carbocycles. The molecule has 0 radical (unpaired) electrons. The van der Waals surface area contributed by atoms with E-state index in [2.05, 4.69) is 20.5 Å². The number of carbonyl (C=O) groups excluding carboxylic acids is 6. The number of imide groups is 4. The zero-order chi connectivity index (χ0) is 34.6. The molecule has 2 fully saturated rings. The number of hydrogen-bond acceptors (Lipinski definition) is 16. The van der Waals surface area contributed by atoms with Crippen LogP contribution in [-0.2, 0) is 19.2 Å². The summed E-state index contributed by atoms with van der Waals surface area (Å²) in [5.41, 5.74) is -1.24. The maximum Gasteiger partial charge on any atom is 0.333 e. The normalized spacial score (nSPS) is 16.5. The van der Waals surface area contributed by atoms with E-state index < -0.39 is 69.1 Å². The fourth-order valence-corrected chi connectivity index (χ4v) is 3.62. The highest BCUT2D eigenvalue weighted by Gasteiger charge is 2.44. The largest absolute Gasteiger partial charge is 0.506 e. The van der Waals surface area contributed by atoms with Gasteiger partial charge in [0, 0.05) is 52.5 Å². The summed E-state index contributed by atoms with van der Waals surface area (Å²) >= 11 is 0. The lowest BCUT2D eigenvalue weighted by molar-refractivity contribution is -0.385. The van der Waals surface area contributed by atoms with Crippen LogP contribution in [0.1, 0.15) is 0 Å². The molecular formula is C24H22N10O12. The van der Waals surface area contributed by atoms with Crippen molar-refractivity contribution in [3.8, 4) is 11.5 Å². The minimum Gasteiger partial charge on any atom is -0.506 e. The van der Waals surface area contributed by atoms with Gasteiger partial charge in [0.25, 0.3) is 35.0 Å². The molecule has 240 valence electrons. The molecule has 2 saturated heterocycles. The second-order valence-electron chi connectivity index (χ2n) is 9.25. The van der Waals surface area contributed by atoms with Crippen LogP contribution in [0.2, 0.25) is 0 Å². The maximum absolute atomic E-state index is 11.9. The number of barbiturate groups is 2. The van der Waals surface area contributed by atoms with Crippen molar-refractivity contribution < 1.29 is 48.8 Å². The predicted octanol–water partition coefficient (Wildman–Crippen LogP) is 1.61. The Balaban J connectivity index is 0.000000250. The van der Waals surface area contributed by atoms with Gasteiger partial charge in [0.15, 0.2) is 0 Å². The summed E-state index contributed by atoms with van der Waals surface area (Å²) < 4.78 is 0. The average molecular weight is 642 g/mol. The predicted molar refractivity (Wildman–Crippen MR) is 148 cm³/mol. The Morgan fingerprint density at radius 1 is 0.587 bits per heavy atom. The van der Waals surface area contributed by atoms with E-state index in [0.717, 1.165) is 36.4 Å². The van der Waals surface area contributed by atoms with Gasteiger partial charge in [0.2, 0.25) is 12.1 Å². The second-order valence-corrected chi connectivity index (χ2v) is 9.25. The summed E-state index contributed by atoms with van der Waals surface area (Å²) in [4.78, 5) is 93.6. The number of nitro benzene ring substituents is 2. The van der Waals surface area contributed by atoms with Crippen molar-refractivity contribution in [1.82, 2.24) is 19.6 Å². The van der Waals surface area contributed by atoms with Gasteiger partial charge in [-0.3, -0.25) is 59.0 Å². The fraction of sp³-hybridized carbons (Fsp3) is 0.250. The third-order valence-corrected chi connectivity index (χ3v) is 6.31. The number of phenols is 2. The molecule has 0 atom stereocenters. The summed E-state index contributed by atoms with van der Waals surface area (Å²) in [6.45, 7) is 0. The van der Waals surface area contributed by atoms with Crippen LogP contribution in [0.4, 0.5) is 32.3 Å². The van der Waals surface area contributed by atoms with Crippen LogP contribution in [0.25, 0.3) is 0 Å². The lowest BCUT2D eigenvalue weighted by Crippen LogP contribution is -2.58. The standard InChI is InChI=1S/2C12H11N5O6/c2*1-15-10(19)9(11(20)16(2)12(15)21)14-13-7-5-6(17(22)23)3-4-8(7)18/h2*3-5,9,18H,1-2H3. The second kappa shape index (κ2) is 13.3. The first-order valence-corrected chi connectivity index (χ1v) is 12.4. The average Bonchev–Trinajstić information content (AvgIpc) is 3.02. The molecule has 0 bridgehead atoms. The summed E-state index contributed by atoms with van der Waals surface area (Å²) in [5.74, 6) is -4.35. The number of nitrogens with zero attached hydrogens (tertiary/aromatic N) is 10. The molecule has 0 aromatic heterocycles. The third-order valence-electron chi connectivity index (χ3n) is 6.31. The van der Waals surface area contributed by atoms with Crippen LogP contribution in [0, 0.1) is 20.2 Å². The Hall–Kier alpha value is -6.74. The number of azo groups is 2. The molecule has 46 heavy (non-hydrogen) atoms. The van der Waals surface area contributed by atoms with Crippen molar-refractivity contribution in [3.63, 3.8) is 0 Å². The van der Waals surface area contributed by atoms with E-state index in [0.29, 0.717) is 19.6 Å². The molecule has 22 nitrogen and oxygen atoms in total. The number of hydrogen-bond donors (Lipinski definition) is 2. The van der Waals surface area contributed by atoms with E-state index >= 15 is 0 Å². The molecule has 22 heteroatoms. The van der Waals surface area contributed by atoms with E-state index in [1.54, 1.807) is 0 Å². The number of urea groups is 2. The van der Waals surface area contributed by atoms with Crippen molar-refractivity contribution in [2.75, 3.05) is 28.2 Å². The van der Waals surface area contributed by atoms with Gasteiger partial charge >= 0.3 is 12.1 Å². The summed E-state index contributed by atoms with van der Waals surface area (Å²) in [5, 5.41) is 54.7. The van der Waals surface area contributed by atoms with E-state index in [1.165, 1.54) is 28.2 Å². The van der Waals surface area contributed by atoms with E-state index in [-0.39, 0.29) is 22.7 Å². The summed E-state index contributed by atoms with van der Waals surface area (Å²) in [6, 6.07) is 1.29. The first-order valence-electron chi connectivity index (χ1n) is 12.4. The lowest BCUT2D eigenvalue weighted by atomic mass is 10.2. The molecule has 0 aliphatic carbocycles. The Morgan fingerprint density at radius 2 is 0.870 bits per heavy atom. The number of non-ortho nitro benzene ring substituents is 2. The maximum atomic E-state index is 11.9. The number of nitro groups is 2. The Labute approximate surface area is 256 Å².